The van der Waals surface area contributed by atoms with Gasteiger partial charge < -0.3 is 14.4 Å². The minimum absolute atomic E-state index is 0.00343. The number of esters is 2. The van der Waals surface area contributed by atoms with Crippen LogP contribution >= 0.6 is 0 Å². The molecule has 1 atom stereocenters. The van der Waals surface area contributed by atoms with Crippen LogP contribution in [0.5, 0.6) is 0 Å². The number of nitrogens with zero attached hydrogens (tertiary/aromatic N) is 1. The normalized spacial score (nSPS) is 11.8. The first-order chi connectivity index (χ1) is 7.86. The van der Waals surface area contributed by atoms with E-state index in [0.29, 0.717) is 12.1 Å². The first kappa shape index (κ1) is 15.4. The highest BCUT2D eigenvalue weighted by Crippen LogP contribution is 2.00. The smallest absolute Gasteiger partial charge is 0.333 e. The Hall–Kier alpha value is -1.62. The Labute approximate surface area is 102 Å². The molecule has 0 fully saturated rings. The summed E-state index contributed by atoms with van der Waals surface area (Å²) in [6, 6.07) is 0. The molecular weight excluding hydrogens is 222 g/mol. The molecule has 0 radical (unpaired) electrons. The van der Waals surface area contributed by atoms with Gasteiger partial charge in [-0.05, 0) is 21.0 Å². The van der Waals surface area contributed by atoms with Gasteiger partial charge in [0, 0.05) is 18.2 Å². The molecule has 0 amide bonds. The predicted molar refractivity (Wildman–Crippen MR) is 64.4 cm³/mol. The molecule has 0 aromatic rings. The van der Waals surface area contributed by atoms with Crippen LogP contribution in [0.2, 0.25) is 0 Å². The van der Waals surface area contributed by atoms with Gasteiger partial charge in [0.2, 0.25) is 0 Å². The lowest BCUT2D eigenvalue weighted by Crippen LogP contribution is -2.34. The average Bonchev–Trinajstić information content (AvgIpc) is 2.24. The summed E-state index contributed by atoms with van der Waals surface area (Å²) >= 11 is 0. The summed E-state index contributed by atoms with van der Waals surface area (Å²) in [6.45, 7) is 8.79. The fraction of sp³-hybridized carbons (Fsp3) is 0.500. The third-order valence-electron chi connectivity index (χ3n) is 1.77. The van der Waals surface area contributed by atoms with Gasteiger partial charge in [-0.2, -0.15) is 0 Å². The molecule has 1 unspecified atom stereocenters. The standard InChI is InChI=1S/C12H19NO4/c1-6-11(14)17-10(7-13(4)5)8-16-12(15)9(2)3/h6,10H,1-2,7-8H2,3-5H3. The molecule has 0 saturated heterocycles. The van der Waals surface area contributed by atoms with Gasteiger partial charge in [0.15, 0.2) is 0 Å². The Morgan fingerprint density at radius 2 is 2.00 bits per heavy atom. The molecule has 0 spiro atoms. The van der Waals surface area contributed by atoms with E-state index in [-0.39, 0.29) is 6.61 Å². The van der Waals surface area contributed by atoms with Crippen molar-refractivity contribution in [3.63, 3.8) is 0 Å². The van der Waals surface area contributed by atoms with E-state index < -0.39 is 18.0 Å². The number of ether oxygens (including phenoxy) is 2. The van der Waals surface area contributed by atoms with Crippen molar-refractivity contribution in [3.8, 4) is 0 Å². The number of rotatable bonds is 7. The van der Waals surface area contributed by atoms with Crippen molar-refractivity contribution in [1.82, 2.24) is 4.90 Å². The summed E-state index contributed by atoms with van der Waals surface area (Å²) in [4.78, 5) is 24.1. The Kier molecular flexibility index (Phi) is 6.89. The van der Waals surface area contributed by atoms with Crippen molar-refractivity contribution < 1.29 is 19.1 Å². The topological polar surface area (TPSA) is 55.8 Å². The highest BCUT2D eigenvalue weighted by Gasteiger charge is 2.16. The molecular formula is C12H19NO4. The molecule has 0 bridgehead atoms. The maximum Gasteiger partial charge on any atom is 0.333 e. The van der Waals surface area contributed by atoms with Crippen LogP contribution in [0.15, 0.2) is 24.8 Å². The summed E-state index contributed by atoms with van der Waals surface area (Å²) in [5.41, 5.74) is 0.309. The number of hydrogen-bond acceptors (Lipinski definition) is 5. The third-order valence-corrected chi connectivity index (χ3v) is 1.77. The molecule has 0 aliphatic rings. The van der Waals surface area contributed by atoms with E-state index in [2.05, 4.69) is 13.2 Å². The first-order valence-electron chi connectivity index (χ1n) is 5.17. The maximum atomic E-state index is 11.2. The van der Waals surface area contributed by atoms with Crippen LogP contribution in [0.25, 0.3) is 0 Å². The summed E-state index contributed by atoms with van der Waals surface area (Å²) < 4.78 is 9.97. The molecule has 5 heteroatoms. The molecule has 0 saturated carbocycles. The second-order valence-electron chi connectivity index (χ2n) is 3.90. The average molecular weight is 241 g/mol. The molecule has 0 aliphatic carbocycles. The Morgan fingerprint density at radius 3 is 2.41 bits per heavy atom. The SMILES string of the molecule is C=CC(=O)OC(COC(=O)C(=C)C)CN(C)C. The minimum Gasteiger partial charge on any atom is -0.458 e. The predicted octanol–water partition coefficient (Wildman–Crippen LogP) is 0.765. The van der Waals surface area contributed by atoms with Crippen molar-refractivity contribution in [2.45, 2.75) is 13.0 Å². The zero-order valence-corrected chi connectivity index (χ0v) is 10.6. The van der Waals surface area contributed by atoms with Gasteiger partial charge in [-0.15, -0.1) is 0 Å². The largest absolute Gasteiger partial charge is 0.458 e. The number of likely N-dealkylation sites (N-methyl/N-ethyl adjacent to an activating group) is 1. The van der Waals surface area contributed by atoms with E-state index in [1.807, 2.05) is 19.0 Å². The second-order valence-corrected chi connectivity index (χ2v) is 3.90. The van der Waals surface area contributed by atoms with Crippen LogP contribution in [0.1, 0.15) is 6.92 Å². The molecule has 0 heterocycles. The van der Waals surface area contributed by atoms with E-state index in [0.717, 1.165) is 6.08 Å². The first-order valence-corrected chi connectivity index (χ1v) is 5.17. The highest BCUT2D eigenvalue weighted by atomic mass is 16.6. The number of carbonyl (C=O) groups is 2. The number of carbonyl (C=O) groups excluding carboxylic acids is 2. The lowest BCUT2D eigenvalue weighted by molar-refractivity contribution is -0.153. The molecule has 0 aromatic heterocycles. The lowest BCUT2D eigenvalue weighted by Gasteiger charge is -2.20. The highest BCUT2D eigenvalue weighted by molar-refractivity contribution is 5.87. The Balaban J connectivity index is 4.28. The minimum atomic E-state index is -0.539. The zero-order chi connectivity index (χ0) is 13.4. The van der Waals surface area contributed by atoms with Gasteiger partial charge in [-0.3, -0.25) is 0 Å². The van der Waals surface area contributed by atoms with E-state index >= 15 is 0 Å². The van der Waals surface area contributed by atoms with Gasteiger partial charge >= 0.3 is 11.9 Å². The summed E-state index contributed by atoms with van der Waals surface area (Å²) in [5.74, 6) is -1.04. The molecule has 0 N–H and O–H groups in total. The van der Waals surface area contributed by atoms with Crippen LogP contribution in [-0.4, -0.2) is 50.2 Å². The Bertz CT molecular complexity index is 310. The second kappa shape index (κ2) is 7.62. The van der Waals surface area contributed by atoms with Crippen molar-refractivity contribution in [2.24, 2.45) is 0 Å². The van der Waals surface area contributed by atoms with Gasteiger partial charge in [0.1, 0.15) is 12.7 Å². The molecule has 0 aromatic carbocycles. The Morgan fingerprint density at radius 1 is 1.41 bits per heavy atom. The maximum absolute atomic E-state index is 11.2. The number of hydrogen-bond donors (Lipinski definition) is 0. The van der Waals surface area contributed by atoms with Crippen LogP contribution in [0.3, 0.4) is 0 Å². The van der Waals surface area contributed by atoms with E-state index in [1.165, 1.54) is 0 Å². The summed E-state index contributed by atoms with van der Waals surface area (Å²) in [7, 11) is 3.66. The van der Waals surface area contributed by atoms with E-state index in [4.69, 9.17) is 9.47 Å². The molecule has 17 heavy (non-hydrogen) atoms. The van der Waals surface area contributed by atoms with Crippen LogP contribution in [0.4, 0.5) is 0 Å². The van der Waals surface area contributed by atoms with Crippen LogP contribution in [-0.2, 0) is 19.1 Å². The quantitative estimate of drug-likeness (QED) is 0.486. The molecule has 5 nitrogen and oxygen atoms in total. The van der Waals surface area contributed by atoms with E-state index in [9.17, 15) is 9.59 Å². The fourth-order valence-corrected chi connectivity index (χ4v) is 1.04. The van der Waals surface area contributed by atoms with Gasteiger partial charge in [-0.25, -0.2) is 9.59 Å². The van der Waals surface area contributed by atoms with Gasteiger partial charge in [0.25, 0.3) is 0 Å². The molecule has 0 aliphatic heterocycles. The lowest BCUT2D eigenvalue weighted by atomic mass is 10.3. The summed E-state index contributed by atoms with van der Waals surface area (Å²) in [5, 5.41) is 0. The fourth-order valence-electron chi connectivity index (χ4n) is 1.04. The van der Waals surface area contributed by atoms with Crippen molar-refractivity contribution in [3.05, 3.63) is 24.8 Å². The van der Waals surface area contributed by atoms with Crippen LogP contribution in [0, 0.1) is 0 Å². The van der Waals surface area contributed by atoms with Crippen molar-refractivity contribution in [1.29, 1.82) is 0 Å². The molecule has 0 rings (SSSR count). The monoisotopic (exact) mass is 241 g/mol. The van der Waals surface area contributed by atoms with Crippen molar-refractivity contribution >= 4 is 11.9 Å². The zero-order valence-electron chi connectivity index (χ0n) is 10.6. The third kappa shape index (κ3) is 7.30. The van der Waals surface area contributed by atoms with E-state index in [1.54, 1.807) is 6.92 Å². The summed E-state index contributed by atoms with van der Waals surface area (Å²) in [6.07, 6.45) is 0.558. The molecule has 96 valence electrons. The van der Waals surface area contributed by atoms with Crippen molar-refractivity contribution in [2.75, 3.05) is 27.2 Å². The van der Waals surface area contributed by atoms with Gasteiger partial charge in [0.05, 0.1) is 0 Å². The van der Waals surface area contributed by atoms with Crippen LogP contribution < -0.4 is 0 Å². The van der Waals surface area contributed by atoms with Gasteiger partial charge in [-0.1, -0.05) is 13.2 Å².